The number of ketones is 1. The topological polar surface area (TPSA) is 57.0 Å². The molecule has 1 heterocycles. The minimum atomic E-state index is -1.04. The molecule has 0 amide bonds. The summed E-state index contributed by atoms with van der Waals surface area (Å²) < 4.78 is 8.20. The van der Waals surface area contributed by atoms with Gasteiger partial charge in [-0.25, -0.2) is 9.67 Å². The highest BCUT2D eigenvalue weighted by Gasteiger charge is 2.27. The average molecular weight is 441 g/mol. The maximum atomic E-state index is 13.0. The number of nitrogens with zero attached hydrogens (tertiary/aromatic N) is 3. The molecular formula is C17H12BrCl2N3O2. The van der Waals surface area contributed by atoms with Crippen molar-refractivity contribution in [2.24, 2.45) is 0 Å². The highest BCUT2D eigenvalue weighted by atomic mass is 79.9. The van der Waals surface area contributed by atoms with Crippen molar-refractivity contribution in [3.63, 3.8) is 0 Å². The first-order valence-corrected chi connectivity index (χ1v) is 8.77. The van der Waals surface area contributed by atoms with Gasteiger partial charge in [0.1, 0.15) is 18.4 Å². The number of hydrogen-bond acceptors (Lipinski definition) is 4. The summed E-state index contributed by atoms with van der Waals surface area (Å²) in [5.41, 5.74) is 1.16. The predicted octanol–water partition coefficient (Wildman–Crippen LogP) is 5.12. The van der Waals surface area contributed by atoms with Crippen LogP contribution in [0.1, 0.15) is 22.1 Å². The molecule has 0 radical (unpaired) electrons. The van der Waals surface area contributed by atoms with Gasteiger partial charge in [-0.05, 0) is 48.9 Å². The fourth-order valence-corrected chi connectivity index (χ4v) is 3.23. The van der Waals surface area contributed by atoms with Gasteiger partial charge in [-0.2, -0.15) is 5.10 Å². The minimum Gasteiger partial charge on any atom is -0.461 e. The van der Waals surface area contributed by atoms with Crippen LogP contribution in [0.15, 0.2) is 53.5 Å². The summed E-state index contributed by atoms with van der Waals surface area (Å²) >= 11 is 15.5. The second kappa shape index (κ2) is 7.56. The largest absolute Gasteiger partial charge is 0.461 e. The average Bonchev–Trinajstić information content (AvgIpc) is 3.08. The van der Waals surface area contributed by atoms with Gasteiger partial charge in [-0.3, -0.25) is 4.79 Å². The highest BCUT2D eigenvalue weighted by Crippen LogP contribution is 2.29. The van der Waals surface area contributed by atoms with E-state index in [1.54, 1.807) is 18.2 Å². The third-order valence-corrected chi connectivity index (χ3v) is 4.51. The molecule has 0 aliphatic heterocycles. The smallest absolute Gasteiger partial charge is 0.256 e. The lowest BCUT2D eigenvalue weighted by Gasteiger charge is -2.20. The lowest BCUT2D eigenvalue weighted by atomic mass is 10.1. The van der Waals surface area contributed by atoms with Crippen molar-refractivity contribution in [3.8, 4) is 5.75 Å². The van der Waals surface area contributed by atoms with Crippen molar-refractivity contribution in [3.05, 3.63) is 74.7 Å². The van der Waals surface area contributed by atoms with Gasteiger partial charge in [0.25, 0.3) is 6.23 Å². The first-order chi connectivity index (χ1) is 12.0. The third-order valence-electron chi connectivity index (χ3n) is 3.47. The van der Waals surface area contributed by atoms with E-state index >= 15 is 0 Å². The van der Waals surface area contributed by atoms with Gasteiger partial charge in [0.15, 0.2) is 0 Å². The standard InChI is InChI=1S/C17H12BrCl2N3O2/c1-10-6-11(18)2-5-15(10)25-17(23-9-21-8-22-23)16(24)13-4-3-12(19)7-14(13)20/h2-9,17H,1H3. The van der Waals surface area contributed by atoms with Crippen LogP contribution in [0.4, 0.5) is 0 Å². The molecule has 0 saturated heterocycles. The molecule has 0 bridgehead atoms. The number of ether oxygens (including phenoxy) is 1. The molecule has 0 saturated carbocycles. The molecule has 1 aromatic heterocycles. The summed E-state index contributed by atoms with van der Waals surface area (Å²) in [5.74, 6) is 0.205. The Morgan fingerprint density at radius 1 is 1.24 bits per heavy atom. The number of benzene rings is 2. The van der Waals surface area contributed by atoms with Crippen molar-refractivity contribution < 1.29 is 9.53 Å². The van der Waals surface area contributed by atoms with Gasteiger partial charge in [0, 0.05) is 15.1 Å². The van der Waals surface area contributed by atoms with E-state index in [4.69, 9.17) is 27.9 Å². The Morgan fingerprint density at radius 3 is 2.68 bits per heavy atom. The molecule has 0 aliphatic carbocycles. The zero-order valence-corrected chi connectivity index (χ0v) is 16.1. The Labute approximate surface area is 162 Å². The van der Waals surface area contributed by atoms with Crippen molar-refractivity contribution >= 4 is 44.9 Å². The Morgan fingerprint density at radius 2 is 2.04 bits per heavy atom. The normalized spacial score (nSPS) is 12.0. The van der Waals surface area contributed by atoms with Gasteiger partial charge in [0.2, 0.25) is 5.78 Å². The molecule has 0 N–H and O–H groups in total. The second-order valence-corrected chi connectivity index (χ2v) is 7.00. The molecule has 8 heteroatoms. The molecule has 1 unspecified atom stereocenters. The molecular weight excluding hydrogens is 429 g/mol. The van der Waals surface area contributed by atoms with Crippen molar-refractivity contribution in [1.29, 1.82) is 0 Å². The number of rotatable bonds is 5. The Kier molecular flexibility index (Phi) is 5.42. The number of carbonyl (C=O) groups excluding carboxylic acids is 1. The first kappa shape index (κ1) is 17.9. The van der Waals surface area contributed by atoms with Crippen LogP contribution in [0.2, 0.25) is 10.0 Å². The number of carbonyl (C=O) groups is 1. The van der Waals surface area contributed by atoms with E-state index in [2.05, 4.69) is 26.0 Å². The maximum absolute atomic E-state index is 13.0. The molecule has 2 aromatic carbocycles. The quantitative estimate of drug-likeness (QED) is 0.517. The molecule has 128 valence electrons. The van der Waals surface area contributed by atoms with Gasteiger partial charge >= 0.3 is 0 Å². The molecule has 3 rings (SSSR count). The predicted molar refractivity (Wildman–Crippen MR) is 99.4 cm³/mol. The Balaban J connectivity index is 1.99. The summed E-state index contributed by atoms with van der Waals surface area (Å²) in [6.07, 6.45) is 1.71. The van der Waals surface area contributed by atoms with Crippen molar-refractivity contribution in [2.45, 2.75) is 13.2 Å². The van der Waals surface area contributed by atoms with E-state index < -0.39 is 6.23 Å². The van der Waals surface area contributed by atoms with E-state index in [1.165, 1.54) is 23.4 Å². The van der Waals surface area contributed by atoms with Gasteiger partial charge in [0.05, 0.1) is 5.02 Å². The van der Waals surface area contributed by atoms with Crippen molar-refractivity contribution in [2.75, 3.05) is 0 Å². The Hall–Kier alpha value is -1.89. The minimum absolute atomic E-state index is 0.249. The lowest BCUT2D eigenvalue weighted by Crippen LogP contribution is -2.26. The summed E-state index contributed by atoms with van der Waals surface area (Å²) in [4.78, 5) is 16.9. The van der Waals surface area contributed by atoms with E-state index in [0.717, 1.165) is 10.0 Å². The van der Waals surface area contributed by atoms with Crippen LogP contribution in [0.3, 0.4) is 0 Å². The van der Waals surface area contributed by atoms with Crippen LogP contribution >= 0.6 is 39.1 Å². The van der Waals surface area contributed by atoms with E-state index in [-0.39, 0.29) is 10.8 Å². The summed E-state index contributed by atoms with van der Waals surface area (Å²) in [7, 11) is 0. The molecule has 3 aromatic rings. The lowest BCUT2D eigenvalue weighted by molar-refractivity contribution is 0.0617. The SMILES string of the molecule is Cc1cc(Br)ccc1OC(C(=O)c1ccc(Cl)cc1Cl)n1cncn1. The fourth-order valence-electron chi connectivity index (χ4n) is 2.25. The molecule has 0 aliphatic rings. The number of hydrogen-bond donors (Lipinski definition) is 0. The van der Waals surface area contributed by atoms with Crippen LogP contribution in [0.25, 0.3) is 0 Å². The van der Waals surface area contributed by atoms with E-state index in [0.29, 0.717) is 16.3 Å². The summed E-state index contributed by atoms with van der Waals surface area (Å²) in [6, 6.07) is 10.2. The number of aromatic nitrogens is 3. The van der Waals surface area contributed by atoms with Crippen molar-refractivity contribution in [1.82, 2.24) is 14.8 Å². The van der Waals surface area contributed by atoms with Crippen LogP contribution < -0.4 is 4.74 Å². The summed E-state index contributed by atoms with van der Waals surface area (Å²) in [5, 5.41) is 4.73. The third kappa shape index (κ3) is 4.03. The van der Waals surface area contributed by atoms with Crippen LogP contribution in [-0.4, -0.2) is 20.5 Å². The maximum Gasteiger partial charge on any atom is 0.256 e. The molecule has 1 atom stereocenters. The van der Waals surface area contributed by atoms with Gasteiger partial charge < -0.3 is 4.74 Å². The van der Waals surface area contributed by atoms with Crippen LogP contribution in [0, 0.1) is 6.92 Å². The second-order valence-electron chi connectivity index (χ2n) is 5.24. The van der Waals surface area contributed by atoms with E-state index in [1.807, 2.05) is 19.1 Å². The molecule has 0 spiro atoms. The van der Waals surface area contributed by atoms with Gasteiger partial charge in [-0.15, -0.1) is 0 Å². The molecule has 0 fully saturated rings. The monoisotopic (exact) mass is 439 g/mol. The molecule has 25 heavy (non-hydrogen) atoms. The number of halogens is 3. The van der Waals surface area contributed by atoms with Crippen LogP contribution in [-0.2, 0) is 0 Å². The fraction of sp³-hybridized carbons (Fsp3) is 0.118. The number of aryl methyl sites for hydroxylation is 1. The molecule has 5 nitrogen and oxygen atoms in total. The number of Topliss-reactive ketones (excluding diaryl/α,β-unsaturated/α-hetero) is 1. The summed E-state index contributed by atoms with van der Waals surface area (Å²) in [6.45, 7) is 1.89. The highest BCUT2D eigenvalue weighted by molar-refractivity contribution is 9.10. The first-order valence-electron chi connectivity index (χ1n) is 7.22. The zero-order valence-electron chi connectivity index (χ0n) is 13.0. The zero-order chi connectivity index (χ0) is 18.0. The van der Waals surface area contributed by atoms with Gasteiger partial charge in [-0.1, -0.05) is 39.1 Å². The van der Waals surface area contributed by atoms with Crippen LogP contribution in [0.5, 0.6) is 5.75 Å². The van der Waals surface area contributed by atoms with E-state index in [9.17, 15) is 4.79 Å². The Bertz CT molecular complexity index is 916.